The third-order valence-corrected chi connectivity index (χ3v) is 5.40. The van der Waals surface area contributed by atoms with E-state index in [1.54, 1.807) is 30.3 Å². The van der Waals surface area contributed by atoms with Crippen molar-refractivity contribution in [3.8, 4) is 5.75 Å². The summed E-state index contributed by atoms with van der Waals surface area (Å²) in [4.78, 5) is 26.6. The first-order chi connectivity index (χ1) is 14.1. The number of carbonyl (C=O) groups excluding carboxylic acids is 2. The summed E-state index contributed by atoms with van der Waals surface area (Å²) in [6.45, 7) is 0.456. The highest BCUT2D eigenvalue weighted by Gasteiger charge is 2.36. The van der Waals surface area contributed by atoms with E-state index >= 15 is 0 Å². The molecule has 144 valence electrons. The first-order valence-corrected chi connectivity index (χ1v) is 10.1. The monoisotopic (exact) mass is 421 g/mol. The third kappa shape index (κ3) is 4.53. The highest BCUT2D eigenvalue weighted by molar-refractivity contribution is 8.19. The van der Waals surface area contributed by atoms with Crippen LogP contribution in [0.4, 0.5) is 10.5 Å². The highest BCUT2D eigenvalue weighted by atomic mass is 35.5. The van der Waals surface area contributed by atoms with Crippen LogP contribution in [0.5, 0.6) is 5.75 Å². The highest BCUT2D eigenvalue weighted by Crippen LogP contribution is 2.36. The Kier molecular flexibility index (Phi) is 5.69. The maximum atomic E-state index is 12.8. The number of anilines is 1. The van der Waals surface area contributed by atoms with Crippen LogP contribution in [-0.4, -0.2) is 11.1 Å². The maximum Gasteiger partial charge on any atom is 0.298 e. The molecule has 0 atom stereocenters. The number of thioether (sulfide) groups is 1. The number of benzene rings is 3. The van der Waals surface area contributed by atoms with Crippen molar-refractivity contribution in [2.45, 2.75) is 6.61 Å². The zero-order valence-corrected chi connectivity index (χ0v) is 16.8. The van der Waals surface area contributed by atoms with E-state index in [2.05, 4.69) is 0 Å². The van der Waals surface area contributed by atoms with Crippen molar-refractivity contribution in [2.24, 2.45) is 0 Å². The minimum absolute atomic E-state index is 0.333. The molecule has 6 heteroatoms. The number of carbonyl (C=O) groups is 2. The van der Waals surface area contributed by atoms with Gasteiger partial charge in [-0.2, -0.15) is 0 Å². The van der Waals surface area contributed by atoms with Crippen LogP contribution < -0.4 is 9.64 Å². The van der Waals surface area contributed by atoms with Crippen molar-refractivity contribution in [3.05, 3.63) is 99.9 Å². The largest absolute Gasteiger partial charge is 0.489 e. The number of hydrogen-bond acceptors (Lipinski definition) is 4. The minimum Gasteiger partial charge on any atom is -0.489 e. The van der Waals surface area contributed by atoms with E-state index in [-0.39, 0.29) is 11.1 Å². The topological polar surface area (TPSA) is 46.6 Å². The summed E-state index contributed by atoms with van der Waals surface area (Å²) in [7, 11) is 0. The van der Waals surface area contributed by atoms with Gasteiger partial charge < -0.3 is 4.74 Å². The van der Waals surface area contributed by atoms with Crippen LogP contribution in [0.25, 0.3) is 6.08 Å². The van der Waals surface area contributed by atoms with Crippen LogP contribution >= 0.6 is 23.4 Å². The van der Waals surface area contributed by atoms with Gasteiger partial charge in [0.2, 0.25) is 0 Å². The zero-order chi connectivity index (χ0) is 20.2. The van der Waals surface area contributed by atoms with Crippen LogP contribution in [-0.2, 0) is 11.4 Å². The first-order valence-electron chi connectivity index (χ1n) is 8.90. The number of ether oxygens (including phenoxy) is 1. The van der Waals surface area contributed by atoms with E-state index in [1.165, 1.54) is 0 Å². The summed E-state index contributed by atoms with van der Waals surface area (Å²) < 4.78 is 5.84. The van der Waals surface area contributed by atoms with E-state index in [0.29, 0.717) is 28.0 Å². The minimum atomic E-state index is -0.349. The Morgan fingerprint density at radius 2 is 1.69 bits per heavy atom. The Labute approximate surface area is 177 Å². The molecule has 1 aliphatic heterocycles. The lowest BCUT2D eigenvalue weighted by Gasteiger charge is -2.12. The van der Waals surface area contributed by atoms with Gasteiger partial charge in [-0.25, -0.2) is 4.90 Å². The number of amides is 2. The van der Waals surface area contributed by atoms with Crippen LogP contribution in [0, 0.1) is 0 Å². The molecule has 0 aliphatic carbocycles. The Morgan fingerprint density at radius 3 is 2.45 bits per heavy atom. The van der Waals surface area contributed by atoms with Gasteiger partial charge in [0.05, 0.1) is 10.6 Å². The van der Waals surface area contributed by atoms with Gasteiger partial charge in [-0.3, -0.25) is 9.59 Å². The molecular weight excluding hydrogens is 406 g/mol. The second-order valence-corrected chi connectivity index (χ2v) is 7.77. The van der Waals surface area contributed by atoms with Gasteiger partial charge >= 0.3 is 0 Å². The molecule has 0 aromatic heterocycles. The molecule has 29 heavy (non-hydrogen) atoms. The predicted molar refractivity (Wildman–Crippen MR) is 117 cm³/mol. The Hall–Kier alpha value is -3.02. The second-order valence-electron chi connectivity index (χ2n) is 6.34. The van der Waals surface area contributed by atoms with Gasteiger partial charge in [0.1, 0.15) is 12.4 Å². The van der Waals surface area contributed by atoms with Gasteiger partial charge in [0.15, 0.2) is 0 Å². The van der Waals surface area contributed by atoms with Crippen LogP contribution in [0.3, 0.4) is 0 Å². The van der Waals surface area contributed by atoms with Crippen molar-refractivity contribution >= 4 is 46.3 Å². The molecule has 1 saturated heterocycles. The average Bonchev–Trinajstić information content (AvgIpc) is 3.01. The third-order valence-electron chi connectivity index (χ3n) is 4.28. The van der Waals surface area contributed by atoms with Gasteiger partial charge in [-0.15, -0.1) is 0 Å². The van der Waals surface area contributed by atoms with E-state index < -0.39 is 0 Å². The van der Waals surface area contributed by atoms with Crippen molar-refractivity contribution < 1.29 is 14.3 Å². The van der Waals surface area contributed by atoms with Crippen molar-refractivity contribution in [2.75, 3.05) is 4.90 Å². The second kappa shape index (κ2) is 8.55. The molecule has 0 unspecified atom stereocenters. The van der Waals surface area contributed by atoms with Crippen LogP contribution in [0.15, 0.2) is 83.8 Å². The zero-order valence-electron chi connectivity index (χ0n) is 15.2. The normalized spacial score (nSPS) is 15.2. The number of halogens is 1. The lowest BCUT2D eigenvalue weighted by Crippen LogP contribution is -2.27. The van der Waals surface area contributed by atoms with Crippen molar-refractivity contribution in [1.82, 2.24) is 0 Å². The van der Waals surface area contributed by atoms with Gasteiger partial charge in [0, 0.05) is 5.02 Å². The predicted octanol–water partition coefficient (Wildman–Crippen LogP) is 6.16. The summed E-state index contributed by atoms with van der Waals surface area (Å²) >= 11 is 6.81. The Morgan fingerprint density at radius 1 is 0.931 bits per heavy atom. The quantitative estimate of drug-likeness (QED) is 0.463. The molecular formula is C23H16ClNO3S. The molecule has 1 aliphatic rings. The fourth-order valence-electron chi connectivity index (χ4n) is 2.87. The van der Waals surface area contributed by atoms with E-state index in [0.717, 1.165) is 27.8 Å². The number of nitrogens with zero attached hydrogens (tertiary/aromatic N) is 1. The van der Waals surface area contributed by atoms with Gasteiger partial charge in [0.25, 0.3) is 11.1 Å². The van der Waals surface area contributed by atoms with Crippen LogP contribution in [0.1, 0.15) is 11.1 Å². The molecule has 3 aromatic rings. The number of rotatable bonds is 5. The summed E-state index contributed by atoms with van der Waals surface area (Å²) in [6, 6.07) is 23.9. The lowest BCUT2D eigenvalue weighted by atomic mass is 10.2. The molecule has 3 aromatic carbocycles. The molecule has 4 nitrogen and oxygen atoms in total. The van der Waals surface area contributed by atoms with E-state index in [1.807, 2.05) is 54.6 Å². The summed E-state index contributed by atoms with van der Waals surface area (Å²) in [5.74, 6) is 0.345. The Bertz CT molecular complexity index is 1080. The molecule has 1 fully saturated rings. The summed E-state index contributed by atoms with van der Waals surface area (Å²) in [5, 5.41) is 0.212. The number of imide groups is 1. The molecule has 0 radical (unpaired) electrons. The van der Waals surface area contributed by atoms with Gasteiger partial charge in [-0.1, -0.05) is 54.1 Å². The standard InChI is InChI=1S/C23H16ClNO3S/c24-18-9-11-19(12-10-18)25-22(26)21(29-23(25)27)14-17-7-4-8-20(13-17)28-15-16-5-2-1-3-6-16/h1-14H,15H2. The molecule has 0 N–H and O–H groups in total. The average molecular weight is 422 g/mol. The molecule has 0 saturated carbocycles. The SMILES string of the molecule is O=C1SC(=Cc2cccc(OCc3ccccc3)c2)C(=O)N1c1ccc(Cl)cc1. The summed E-state index contributed by atoms with van der Waals surface area (Å²) in [6.07, 6.45) is 1.70. The summed E-state index contributed by atoms with van der Waals surface area (Å²) in [5.41, 5.74) is 2.36. The van der Waals surface area contributed by atoms with Crippen LogP contribution in [0.2, 0.25) is 5.02 Å². The molecule has 1 heterocycles. The molecule has 4 rings (SSSR count). The van der Waals surface area contributed by atoms with Crippen molar-refractivity contribution in [1.29, 1.82) is 0 Å². The molecule has 0 bridgehead atoms. The smallest absolute Gasteiger partial charge is 0.298 e. The lowest BCUT2D eigenvalue weighted by molar-refractivity contribution is -0.113. The first kappa shape index (κ1) is 19.3. The molecule has 0 spiro atoms. The van der Waals surface area contributed by atoms with Crippen molar-refractivity contribution in [3.63, 3.8) is 0 Å². The fraction of sp³-hybridized carbons (Fsp3) is 0.0435. The van der Waals surface area contributed by atoms with E-state index in [9.17, 15) is 9.59 Å². The van der Waals surface area contributed by atoms with Gasteiger partial charge in [-0.05, 0) is 65.4 Å². The fourth-order valence-corrected chi connectivity index (χ4v) is 3.83. The molecule has 2 amide bonds. The Balaban J connectivity index is 1.51. The number of hydrogen-bond donors (Lipinski definition) is 0. The van der Waals surface area contributed by atoms with E-state index in [4.69, 9.17) is 16.3 Å². The maximum absolute atomic E-state index is 12.8.